The summed E-state index contributed by atoms with van der Waals surface area (Å²) in [5, 5.41) is 10.8. The van der Waals surface area contributed by atoms with Gasteiger partial charge in [0.05, 0.1) is 12.1 Å². The van der Waals surface area contributed by atoms with Gasteiger partial charge in [0.2, 0.25) is 0 Å². The van der Waals surface area contributed by atoms with Gasteiger partial charge in [-0.2, -0.15) is 0 Å². The van der Waals surface area contributed by atoms with E-state index in [4.69, 9.17) is 0 Å². The van der Waals surface area contributed by atoms with Gasteiger partial charge in [-0.3, -0.25) is 4.98 Å². The van der Waals surface area contributed by atoms with Crippen molar-refractivity contribution in [2.75, 3.05) is 0 Å². The van der Waals surface area contributed by atoms with E-state index in [0.717, 1.165) is 22.2 Å². The second-order valence-electron chi connectivity index (χ2n) is 5.66. The third-order valence-electron chi connectivity index (χ3n) is 3.87. The van der Waals surface area contributed by atoms with Crippen LogP contribution < -0.4 is 0 Å². The first-order valence-electron chi connectivity index (χ1n) is 7.40. The van der Waals surface area contributed by atoms with Crippen molar-refractivity contribution in [3.8, 4) is 11.1 Å². The molecule has 1 N–H and O–H groups in total. The Kier molecular flexibility index (Phi) is 3.90. The summed E-state index contributed by atoms with van der Waals surface area (Å²) in [4.78, 5) is 4.68. The summed E-state index contributed by atoms with van der Waals surface area (Å²) < 4.78 is 14.4. The number of hydrogen-bond donors (Lipinski definition) is 1. The number of aromatic nitrogens is 1. The summed E-state index contributed by atoms with van der Waals surface area (Å²) in [7, 11) is 0. The van der Waals surface area contributed by atoms with Gasteiger partial charge in [-0.15, -0.1) is 0 Å². The molecule has 2 nitrogen and oxygen atoms in total. The molecule has 0 atom stereocenters. The van der Waals surface area contributed by atoms with E-state index in [9.17, 15) is 9.50 Å². The molecule has 0 radical (unpaired) electrons. The molecule has 0 spiro atoms. The van der Waals surface area contributed by atoms with Crippen molar-refractivity contribution in [1.82, 2.24) is 4.98 Å². The van der Waals surface area contributed by atoms with Crippen LogP contribution in [-0.2, 0) is 6.61 Å². The van der Waals surface area contributed by atoms with Gasteiger partial charge in [-0.25, -0.2) is 4.39 Å². The van der Waals surface area contributed by atoms with Crippen LogP contribution in [0.2, 0.25) is 0 Å². The average Bonchev–Trinajstić information content (AvgIpc) is 2.53. The van der Waals surface area contributed by atoms with E-state index in [1.807, 2.05) is 44.2 Å². The number of benzene rings is 2. The predicted octanol–water partition coefficient (Wildman–Crippen LogP) is 4.66. The second-order valence-corrected chi connectivity index (χ2v) is 5.66. The molecule has 1 heterocycles. The number of aliphatic hydroxyl groups is 1. The first-order valence-corrected chi connectivity index (χ1v) is 7.40. The summed E-state index contributed by atoms with van der Waals surface area (Å²) in [5.41, 5.74) is 3.60. The molecule has 3 rings (SSSR count). The normalized spacial score (nSPS) is 11.3. The first kappa shape index (κ1) is 14.7. The molecule has 2 aromatic carbocycles. The fourth-order valence-electron chi connectivity index (χ4n) is 2.88. The molecular weight excluding hydrogens is 277 g/mol. The van der Waals surface area contributed by atoms with Gasteiger partial charge >= 0.3 is 0 Å². The molecule has 0 saturated heterocycles. The van der Waals surface area contributed by atoms with Crippen molar-refractivity contribution in [2.45, 2.75) is 26.4 Å². The fraction of sp³-hybridized carbons (Fsp3) is 0.211. The van der Waals surface area contributed by atoms with E-state index in [1.54, 1.807) is 12.1 Å². The zero-order chi connectivity index (χ0) is 15.7. The minimum atomic E-state index is -0.289. The van der Waals surface area contributed by atoms with Crippen LogP contribution >= 0.6 is 0 Å². The number of para-hydroxylation sites is 1. The van der Waals surface area contributed by atoms with Crippen molar-refractivity contribution in [1.29, 1.82) is 0 Å². The molecule has 0 aliphatic carbocycles. The maximum absolute atomic E-state index is 14.4. The van der Waals surface area contributed by atoms with E-state index in [-0.39, 0.29) is 18.3 Å². The van der Waals surface area contributed by atoms with Gasteiger partial charge in [0.15, 0.2) is 0 Å². The van der Waals surface area contributed by atoms with E-state index in [0.29, 0.717) is 11.1 Å². The molecule has 0 aliphatic heterocycles. The minimum absolute atomic E-state index is 0.150. The standard InChI is InChI=1S/C19H18FNO/c1-12(2)19-15(11-22)18(13-7-3-5-9-16(13)20)14-8-4-6-10-17(14)21-19/h3-10,12,22H,11H2,1-2H3. The summed E-state index contributed by atoms with van der Waals surface area (Å²) in [6, 6.07) is 14.4. The van der Waals surface area contributed by atoms with Crippen molar-refractivity contribution in [3.05, 3.63) is 65.6 Å². The molecule has 112 valence electrons. The van der Waals surface area contributed by atoms with Crippen LogP contribution in [0.3, 0.4) is 0 Å². The van der Waals surface area contributed by atoms with Gasteiger partial charge < -0.3 is 5.11 Å². The number of halogens is 1. The molecule has 22 heavy (non-hydrogen) atoms. The number of fused-ring (bicyclic) bond motifs is 1. The average molecular weight is 295 g/mol. The molecule has 3 heteroatoms. The van der Waals surface area contributed by atoms with Crippen molar-refractivity contribution in [2.24, 2.45) is 0 Å². The van der Waals surface area contributed by atoms with E-state index in [2.05, 4.69) is 4.98 Å². The summed E-state index contributed by atoms with van der Waals surface area (Å²) >= 11 is 0. The molecule has 0 aliphatic rings. The summed E-state index contributed by atoms with van der Waals surface area (Å²) in [6.07, 6.45) is 0. The lowest BCUT2D eigenvalue weighted by atomic mass is 9.91. The third-order valence-corrected chi connectivity index (χ3v) is 3.87. The highest BCUT2D eigenvalue weighted by atomic mass is 19.1. The molecule has 0 fully saturated rings. The Morgan fingerprint density at radius 1 is 1.05 bits per heavy atom. The van der Waals surface area contributed by atoms with Crippen molar-refractivity contribution >= 4 is 10.9 Å². The Balaban J connectivity index is 2.47. The number of nitrogens with zero attached hydrogens (tertiary/aromatic N) is 1. The van der Waals surface area contributed by atoms with Crippen LogP contribution in [0.1, 0.15) is 31.0 Å². The van der Waals surface area contributed by atoms with Crippen molar-refractivity contribution < 1.29 is 9.50 Å². The molecule has 0 amide bonds. The molecule has 0 saturated carbocycles. The van der Waals surface area contributed by atoms with Crippen LogP contribution in [0.15, 0.2) is 48.5 Å². The highest BCUT2D eigenvalue weighted by molar-refractivity contribution is 5.96. The fourth-order valence-corrected chi connectivity index (χ4v) is 2.88. The van der Waals surface area contributed by atoms with Crippen LogP contribution in [0.4, 0.5) is 4.39 Å². The number of pyridine rings is 1. The lowest BCUT2D eigenvalue weighted by Gasteiger charge is -2.18. The topological polar surface area (TPSA) is 33.1 Å². The van der Waals surface area contributed by atoms with Gasteiger partial charge in [0, 0.05) is 27.8 Å². The Morgan fingerprint density at radius 3 is 2.41 bits per heavy atom. The largest absolute Gasteiger partial charge is 0.392 e. The maximum atomic E-state index is 14.4. The highest BCUT2D eigenvalue weighted by Gasteiger charge is 2.19. The number of hydrogen-bond acceptors (Lipinski definition) is 2. The Morgan fingerprint density at radius 2 is 1.73 bits per heavy atom. The van der Waals surface area contributed by atoms with E-state index < -0.39 is 0 Å². The summed E-state index contributed by atoms with van der Waals surface area (Å²) in [5.74, 6) is -0.138. The molecular formula is C19H18FNO. The van der Waals surface area contributed by atoms with Crippen LogP contribution in [0.25, 0.3) is 22.0 Å². The number of rotatable bonds is 3. The van der Waals surface area contributed by atoms with E-state index in [1.165, 1.54) is 6.07 Å². The smallest absolute Gasteiger partial charge is 0.131 e. The van der Waals surface area contributed by atoms with Gasteiger partial charge in [0.25, 0.3) is 0 Å². The van der Waals surface area contributed by atoms with Crippen LogP contribution in [0, 0.1) is 5.82 Å². The lowest BCUT2D eigenvalue weighted by Crippen LogP contribution is -2.05. The highest BCUT2D eigenvalue weighted by Crippen LogP contribution is 2.36. The van der Waals surface area contributed by atoms with Crippen molar-refractivity contribution in [3.63, 3.8) is 0 Å². The lowest BCUT2D eigenvalue weighted by molar-refractivity contribution is 0.280. The third kappa shape index (κ3) is 2.38. The quantitative estimate of drug-likeness (QED) is 0.762. The monoisotopic (exact) mass is 295 g/mol. The first-order chi connectivity index (χ1) is 10.6. The van der Waals surface area contributed by atoms with Crippen LogP contribution in [-0.4, -0.2) is 10.1 Å². The van der Waals surface area contributed by atoms with Gasteiger partial charge in [-0.05, 0) is 18.1 Å². The molecule has 0 bridgehead atoms. The van der Waals surface area contributed by atoms with Crippen LogP contribution in [0.5, 0.6) is 0 Å². The Bertz CT molecular complexity index is 827. The Labute approximate surface area is 129 Å². The number of aliphatic hydroxyl groups excluding tert-OH is 1. The van der Waals surface area contributed by atoms with E-state index >= 15 is 0 Å². The molecule has 3 aromatic rings. The minimum Gasteiger partial charge on any atom is -0.392 e. The summed E-state index contributed by atoms with van der Waals surface area (Å²) in [6.45, 7) is 3.90. The molecule has 1 aromatic heterocycles. The van der Waals surface area contributed by atoms with Gasteiger partial charge in [0.1, 0.15) is 5.82 Å². The zero-order valence-corrected chi connectivity index (χ0v) is 12.7. The zero-order valence-electron chi connectivity index (χ0n) is 12.7. The maximum Gasteiger partial charge on any atom is 0.131 e. The predicted molar refractivity (Wildman–Crippen MR) is 87.1 cm³/mol. The second kappa shape index (κ2) is 5.85. The van der Waals surface area contributed by atoms with Gasteiger partial charge in [-0.1, -0.05) is 50.2 Å². The molecule has 0 unspecified atom stereocenters. The Hall–Kier alpha value is -2.26. The SMILES string of the molecule is CC(C)c1nc2ccccc2c(-c2ccccc2F)c1CO.